The molecule has 0 radical (unpaired) electrons. The minimum absolute atomic E-state index is 0.118. The van der Waals surface area contributed by atoms with Gasteiger partial charge in [0, 0.05) is 7.11 Å². The Balaban J connectivity index is 2.68. The maximum Gasteiger partial charge on any atom is 0.268 e. The highest BCUT2D eigenvalue weighted by molar-refractivity contribution is 6.32. The number of rotatable bonds is 4. The molecule has 1 unspecified atom stereocenters. The molecule has 0 heterocycles. The van der Waals surface area contributed by atoms with E-state index in [1.165, 1.54) is 13.2 Å². The van der Waals surface area contributed by atoms with Gasteiger partial charge >= 0.3 is 0 Å². The summed E-state index contributed by atoms with van der Waals surface area (Å²) in [6.45, 7) is 0. The first kappa shape index (κ1) is 15.2. The maximum atomic E-state index is 11.6. The summed E-state index contributed by atoms with van der Waals surface area (Å²) >= 11 is 5.90. The van der Waals surface area contributed by atoms with Gasteiger partial charge in [0.1, 0.15) is 10.6 Å². The largest absolute Gasteiger partial charge is 0.547 e. The van der Waals surface area contributed by atoms with Crippen LogP contribution in [0.5, 0.6) is 0 Å². The molecule has 0 saturated heterocycles. The van der Waals surface area contributed by atoms with Gasteiger partial charge in [-0.1, -0.05) is 41.9 Å². The summed E-state index contributed by atoms with van der Waals surface area (Å²) in [5, 5.41) is 22.5. The summed E-state index contributed by atoms with van der Waals surface area (Å²) in [6, 6.07) is 8.53. The molecule has 1 aromatic rings. The van der Waals surface area contributed by atoms with Crippen molar-refractivity contribution >= 4 is 23.1 Å². The van der Waals surface area contributed by atoms with Gasteiger partial charge < -0.3 is 14.6 Å². The van der Waals surface area contributed by atoms with Gasteiger partial charge in [0.2, 0.25) is 0 Å². The molecule has 1 aromatic carbocycles. The standard InChI is InChI=1S/C14H12ClNO5/c1-21-14(13(17)18)8-12(16(19)20)11(15)7-10(14)9-5-3-2-4-6-9/h2-7H,8H2,1H3,(H,17,18)/p-1. The molecule has 0 aromatic heterocycles. The van der Waals surface area contributed by atoms with Crippen LogP contribution in [0, 0.1) is 10.1 Å². The van der Waals surface area contributed by atoms with Crippen LogP contribution < -0.4 is 5.11 Å². The number of hydrogen-bond acceptors (Lipinski definition) is 5. The van der Waals surface area contributed by atoms with Crippen LogP contribution in [0.15, 0.2) is 47.1 Å². The van der Waals surface area contributed by atoms with Crippen LogP contribution in [0.1, 0.15) is 12.0 Å². The molecule has 21 heavy (non-hydrogen) atoms. The van der Waals surface area contributed by atoms with Crippen LogP contribution in [0.4, 0.5) is 0 Å². The Morgan fingerprint density at radius 1 is 1.38 bits per heavy atom. The first-order chi connectivity index (χ1) is 9.92. The summed E-state index contributed by atoms with van der Waals surface area (Å²) in [7, 11) is 1.17. The summed E-state index contributed by atoms with van der Waals surface area (Å²) in [4.78, 5) is 21.9. The molecular weight excluding hydrogens is 298 g/mol. The number of halogens is 1. The van der Waals surface area contributed by atoms with Crippen LogP contribution in [-0.2, 0) is 9.53 Å². The quantitative estimate of drug-likeness (QED) is 0.618. The van der Waals surface area contributed by atoms with Gasteiger partial charge in [0.25, 0.3) is 5.70 Å². The number of carbonyl (C=O) groups excluding carboxylic acids is 1. The van der Waals surface area contributed by atoms with E-state index in [0.29, 0.717) is 5.56 Å². The molecule has 1 aliphatic carbocycles. The van der Waals surface area contributed by atoms with Crippen molar-refractivity contribution in [1.82, 2.24) is 0 Å². The Bertz CT molecular complexity index is 653. The number of hydrogen-bond donors (Lipinski definition) is 0. The van der Waals surface area contributed by atoms with Gasteiger partial charge in [-0.05, 0) is 17.2 Å². The van der Waals surface area contributed by atoms with Crippen molar-refractivity contribution in [2.75, 3.05) is 7.11 Å². The highest BCUT2D eigenvalue weighted by Crippen LogP contribution is 2.41. The molecule has 0 N–H and O–H groups in total. The number of nitro groups is 1. The molecule has 1 atom stereocenters. The van der Waals surface area contributed by atoms with Crippen molar-refractivity contribution in [3.63, 3.8) is 0 Å². The summed E-state index contributed by atoms with van der Waals surface area (Å²) < 4.78 is 5.11. The normalized spacial score (nSPS) is 21.9. The van der Waals surface area contributed by atoms with E-state index in [1.807, 2.05) is 0 Å². The molecule has 6 nitrogen and oxygen atoms in total. The molecule has 1 aliphatic rings. The first-order valence-electron chi connectivity index (χ1n) is 5.99. The smallest absolute Gasteiger partial charge is 0.268 e. The van der Waals surface area contributed by atoms with Crippen molar-refractivity contribution in [1.29, 1.82) is 0 Å². The molecule has 0 spiro atoms. The SMILES string of the molecule is COC1(C(=O)[O-])CC([N+](=O)[O-])=C(Cl)C=C1c1ccccc1. The fourth-order valence-corrected chi connectivity index (χ4v) is 2.52. The number of methoxy groups -OCH3 is 1. The van der Waals surface area contributed by atoms with E-state index in [0.717, 1.165) is 0 Å². The van der Waals surface area contributed by atoms with E-state index in [2.05, 4.69) is 0 Å². The highest BCUT2D eigenvalue weighted by atomic mass is 35.5. The number of ether oxygens (including phenoxy) is 1. The second-order valence-electron chi connectivity index (χ2n) is 4.47. The van der Waals surface area contributed by atoms with Crippen LogP contribution >= 0.6 is 11.6 Å². The fourth-order valence-electron chi connectivity index (χ4n) is 2.28. The van der Waals surface area contributed by atoms with Crippen molar-refractivity contribution in [2.45, 2.75) is 12.0 Å². The van der Waals surface area contributed by atoms with Crippen molar-refractivity contribution in [3.8, 4) is 0 Å². The number of allylic oxidation sites excluding steroid dienone is 2. The Labute approximate surface area is 125 Å². The van der Waals surface area contributed by atoms with Gasteiger partial charge in [-0.25, -0.2) is 0 Å². The number of carboxylic acids is 1. The van der Waals surface area contributed by atoms with Crippen LogP contribution in [-0.4, -0.2) is 23.6 Å². The Hall–Kier alpha value is -2.18. The third-order valence-electron chi connectivity index (χ3n) is 3.38. The van der Waals surface area contributed by atoms with E-state index in [4.69, 9.17) is 16.3 Å². The van der Waals surface area contributed by atoms with Gasteiger partial charge in [-0.3, -0.25) is 10.1 Å². The number of benzene rings is 1. The minimum Gasteiger partial charge on any atom is -0.547 e. The summed E-state index contributed by atoms with van der Waals surface area (Å²) in [5.74, 6) is -1.55. The molecular formula is C14H11ClNO5-. The molecule has 7 heteroatoms. The Morgan fingerprint density at radius 2 is 2.00 bits per heavy atom. The van der Waals surface area contributed by atoms with Gasteiger partial charge in [-0.15, -0.1) is 0 Å². The highest BCUT2D eigenvalue weighted by Gasteiger charge is 2.45. The number of carbonyl (C=O) groups is 1. The lowest BCUT2D eigenvalue weighted by Gasteiger charge is -2.37. The van der Waals surface area contributed by atoms with Gasteiger partial charge in [0.05, 0.1) is 17.3 Å². The van der Waals surface area contributed by atoms with E-state index >= 15 is 0 Å². The monoisotopic (exact) mass is 308 g/mol. The predicted molar refractivity (Wildman–Crippen MR) is 73.7 cm³/mol. The molecule has 0 fully saturated rings. The van der Waals surface area contributed by atoms with Crippen LogP contribution in [0.3, 0.4) is 0 Å². The van der Waals surface area contributed by atoms with E-state index in [9.17, 15) is 20.0 Å². The average molecular weight is 309 g/mol. The Morgan fingerprint density at radius 3 is 2.48 bits per heavy atom. The molecule has 0 amide bonds. The fraction of sp³-hybridized carbons (Fsp3) is 0.214. The predicted octanol–water partition coefficient (Wildman–Crippen LogP) is 1.34. The molecule has 0 bridgehead atoms. The average Bonchev–Trinajstić information content (AvgIpc) is 2.47. The zero-order chi connectivity index (χ0) is 15.6. The lowest BCUT2D eigenvalue weighted by molar-refractivity contribution is -0.431. The lowest BCUT2D eigenvalue weighted by atomic mass is 9.81. The summed E-state index contributed by atoms with van der Waals surface area (Å²) in [5.41, 5.74) is -1.59. The van der Waals surface area contributed by atoms with Crippen LogP contribution in [0.25, 0.3) is 5.57 Å². The van der Waals surface area contributed by atoms with Crippen LogP contribution in [0.2, 0.25) is 0 Å². The minimum atomic E-state index is -1.94. The first-order valence-corrected chi connectivity index (χ1v) is 6.37. The topological polar surface area (TPSA) is 92.5 Å². The number of nitrogens with zero attached hydrogens (tertiary/aromatic N) is 1. The second-order valence-corrected chi connectivity index (χ2v) is 4.88. The lowest BCUT2D eigenvalue weighted by Crippen LogP contribution is -2.52. The van der Waals surface area contributed by atoms with Crippen molar-refractivity contribution < 1.29 is 19.6 Å². The molecule has 110 valence electrons. The number of aliphatic carboxylic acids is 1. The Kier molecular flexibility index (Phi) is 4.11. The van der Waals surface area contributed by atoms with E-state index in [1.54, 1.807) is 30.3 Å². The zero-order valence-electron chi connectivity index (χ0n) is 11.0. The molecule has 2 rings (SSSR count). The second kappa shape index (κ2) is 5.67. The van der Waals surface area contributed by atoms with Crippen molar-refractivity contribution in [3.05, 3.63) is 62.8 Å². The van der Waals surface area contributed by atoms with E-state index in [-0.39, 0.29) is 10.6 Å². The third-order valence-corrected chi connectivity index (χ3v) is 3.71. The molecule has 0 saturated carbocycles. The van der Waals surface area contributed by atoms with E-state index < -0.39 is 28.6 Å². The van der Waals surface area contributed by atoms with Gasteiger partial charge in [-0.2, -0.15) is 0 Å². The zero-order valence-corrected chi connectivity index (χ0v) is 11.8. The number of carboxylic acid groups (broad SMARTS) is 1. The van der Waals surface area contributed by atoms with Gasteiger partial charge in [0.15, 0.2) is 0 Å². The van der Waals surface area contributed by atoms with Crippen molar-refractivity contribution in [2.24, 2.45) is 0 Å². The third kappa shape index (κ3) is 2.55. The molecule has 0 aliphatic heterocycles. The maximum absolute atomic E-state index is 11.6. The summed E-state index contributed by atoms with van der Waals surface area (Å²) in [6.07, 6.45) is 0.746.